The van der Waals surface area contributed by atoms with Gasteiger partial charge in [0.1, 0.15) is 11.5 Å². The molecule has 0 atom stereocenters. The van der Waals surface area contributed by atoms with Gasteiger partial charge >= 0.3 is 0 Å². The number of carbonyl (C=O) groups is 1. The molecule has 1 aromatic heterocycles. The van der Waals surface area contributed by atoms with Gasteiger partial charge in [0.05, 0.1) is 13.7 Å². The summed E-state index contributed by atoms with van der Waals surface area (Å²) in [4.78, 5) is 18.1. The van der Waals surface area contributed by atoms with Crippen molar-refractivity contribution in [2.75, 3.05) is 20.8 Å². The van der Waals surface area contributed by atoms with Gasteiger partial charge in [0.2, 0.25) is 11.7 Å². The third-order valence-electron chi connectivity index (χ3n) is 4.06. The van der Waals surface area contributed by atoms with Gasteiger partial charge in [-0.05, 0) is 42.8 Å². The first-order chi connectivity index (χ1) is 13.1. The molecule has 27 heavy (non-hydrogen) atoms. The van der Waals surface area contributed by atoms with Gasteiger partial charge in [0.15, 0.2) is 6.61 Å². The number of ether oxygens (including phenoxy) is 2. The molecule has 140 valence electrons. The molecule has 1 amide bonds. The Labute approximate surface area is 157 Å². The number of para-hydroxylation sites is 1. The highest BCUT2D eigenvalue weighted by atomic mass is 16.5. The first-order valence-corrected chi connectivity index (χ1v) is 8.46. The summed E-state index contributed by atoms with van der Waals surface area (Å²) in [5, 5.41) is 3.96. The Morgan fingerprint density at radius 3 is 2.59 bits per heavy atom. The second kappa shape index (κ2) is 8.35. The van der Waals surface area contributed by atoms with E-state index in [0.717, 1.165) is 16.9 Å². The molecule has 3 aromatic rings. The van der Waals surface area contributed by atoms with Crippen LogP contribution < -0.4 is 9.47 Å². The van der Waals surface area contributed by atoms with Crippen molar-refractivity contribution in [2.45, 2.75) is 13.5 Å². The SMILES string of the molecule is COc1ccc(-c2noc(CN(C)C(=O)COc3ccccc3C)n2)cc1. The molecule has 0 unspecified atom stereocenters. The summed E-state index contributed by atoms with van der Waals surface area (Å²) >= 11 is 0. The number of hydrogen-bond acceptors (Lipinski definition) is 6. The van der Waals surface area contributed by atoms with Crippen LogP contribution in [0, 0.1) is 6.92 Å². The Kier molecular flexibility index (Phi) is 5.71. The van der Waals surface area contributed by atoms with Gasteiger partial charge in [-0.2, -0.15) is 4.98 Å². The first kappa shape index (κ1) is 18.4. The number of benzene rings is 2. The lowest BCUT2D eigenvalue weighted by molar-refractivity contribution is -0.132. The van der Waals surface area contributed by atoms with Crippen molar-refractivity contribution in [1.29, 1.82) is 0 Å². The number of rotatable bonds is 7. The van der Waals surface area contributed by atoms with Crippen LogP contribution in [0.5, 0.6) is 11.5 Å². The minimum Gasteiger partial charge on any atom is -0.497 e. The zero-order valence-corrected chi connectivity index (χ0v) is 15.5. The van der Waals surface area contributed by atoms with E-state index in [4.69, 9.17) is 14.0 Å². The lowest BCUT2D eigenvalue weighted by atomic mass is 10.2. The lowest BCUT2D eigenvalue weighted by Crippen LogP contribution is -2.31. The van der Waals surface area contributed by atoms with E-state index in [1.807, 2.05) is 55.5 Å². The molecule has 7 nitrogen and oxygen atoms in total. The van der Waals surface area contributed by atoms with Crippen molar-refractivity contribution in [2.24, 2.45) is 0 Å². The van der Waals surface area contributed by atoms with Crippen LogP contribution in [0.1, 0.15) is 11.5 Å². The molecule has 0 aliphatic rings. The number of methoxy groups -OCH3 is 1. The summed E-state index contributed by atoms with van der Waals surface area (Å²) < 4.78 is 16.0. The van der Waals surface area contributed by atoms with Crippen molar-refractivity contribution in [3.05, 3.63) is 60.0 Å². The highest BCUT2D eigenvalue weighted by Crippen LogP contribution is 2.20. The van der Waals surface area contributed by atoms with Crippen LogP contribution in [-0.2, 0) is 11.3 Å². The van der Waals surface area contributed by atoms with E-state index in [0.29, 0.717) is 17.5 Å². The molecule has 0 radical (unpaired) electrons. The van der Waals surface area contributed by atoms with Crippen LogP contribution in [-0.4, -0.2) is 41.7 Å². The van der Waals surface area contributed by atoms with Crippen molar-refractivity contribution < 1.29 is 18.8 Å². The summed E-state index contributed by atoms with van der Waals surface area (Å²) in [6, 6.07) is 14.9. The van der Waals surface area contributed by atoms with Gasteiger partial charge in [0, 0.05) is 12.6 Å². The summed E-state index contributed by atoms with van der Waals surface area (Å²) in [6.45, 7) is 2.09. The monoisotopic (exact) mass is 367 g/mol. The molecule has 0 spiro atoms. The van der Waals surface area contributed by atoms with E-state index >= 15 is 0 Å². The van der Waals surface area contributed by atoms with Gasteiger partial charge in [-0.1, -0.05) is 23.4 Å². The smallest absolute Gasteiger partial charge is 0.260 e. The molecule has 0 aliphatic heterocycles. The molecule has 1 heterocycles. The van der Waals surface area contributed by atoms with Gasteiger partial charge in [0.25, 0.3) is 5.91 Å². The number of hydrogen-bond donors (Lipinski definition) is 0. The van der Waals surface area contributed by atoms with Gasteiger partial charge < -0.3 is 18.9 Å². The van der Waals surface area contributed by atoms with Crippen LogP contribution >= 0.6 is 0 Å². The molecule has 0 saturated carbocycles. The third kappa shape index (κ3) is 4.63. The molecule has 0 N–H and O–H groups in total. The van der Waals surface area contributed by atoms with Gasteiger partial charge in [-0.15, -0.1) is 0 Å². The molecule has 0 aliphatic carbocycles. The average molecular weight is 367 g/mol. The van der Waals surface area contributed by atoms with E-state index in [1.165, 1.54) is 4.90 Å². The van der Waals surface area contributed by atoms with Crippen molar-refractivity contribution in [3.63, 3.8) is 0 Å². The zero-order chi connectivity index (χ0) is 19.2. The highest BCUT2D eigenvalue weighted by Gasteiger charge is 2.15. The Bertz CT molecular complexity index is 906. The summed E-state index contributed by atoms with van der Waals surface area (Å²) in [5.74, 6) is 2.08. The fourth-order valence-electron chi connectivity index (χ4n) is 2.44. The Morgan fingerprint density at radius 1 is 1.15 bits per heavy atom. The quantitative estimate of drug-likeness (QED) is 0.639. The third-order valence-corrected chi connectivity index (χ3v) is 4.06. The number of amides is 1. The van der Waals surface area contributed by atoms with Crippen LogP contribution in [0.15, 0.2) is 53.1 Å². The largest absolute Gasteiger partial charge is 0.497 e. The van der Waals surface area contributed by atoms with Crippen LogP contribution in [0.4, 0.5) is 0 Å². The highest BCUT2D eigenvalue weighted by molar-refractivity contribution is 5.77. The molecule has 0 fully saturated rings. The van der Waals surface area contributed by atoms with Crippen LogP contribution in [0.25, 0.3) is 11.4 Å². The lowest BCUT2D eigenvalue weighted by Gasteiger charge is -2.15. The summed E-state index contributed by atoms with van der Waals surface area (Å²) in [5.41, 5.74) is 1.79. The summed E-state index contributed by atoms with van der Waals surface area (Å²) in [7, 11) is 3.28. The standard InChI is InChI=1S/C20H21N3O4/c1-14-6-4-5-7-17(14)26-13-19(24)23(2)12-18-21-20(22-27-18)15-8-10-16(25-3)11-9-15/h4-11H,12-13H2,1-3H3. The maximum atomic E-state index is 12.3. The normalized spacial score (nSPS) is 10.5. The molecular formula is C20H21N3O4. The molecule has 3 rings (SSSR count). The van der Waals surface area contributed by atoms with Gasteiger partial charge in [-0.25, -0.2) is 0 Å². The summed E-state index contributed by atoms with van der Waals surface area (Å²) in [6.07, 6.45) is 0. The molecule has 7 heteroatoms. The number of likely N-dealkylation sites (N-methyl/N-ethyl adjacent to an activating group) is 1. The number of carbonyl (C=O) groups excluding carboxylic acids is 1. The first-order valence-electron chi connectivity index (χ1n) is 8.46. The Morgan fingerprint density at radius 2 is 1.89 bits per heavy atom. The fourth-order valence-corrected chi connectivity index (χ4v) is 2.44. The van der Waals surface area contributed by atoms with E-state index in [9.17, 15) is 4.79 Å². The van der Waals surface area contributed by atoms with Crippen LogP contribution in [0.2, 0.25) is 0 Å². The van der Waals surface area contributed by atoms with Crippen molar-refractivity contribution in [1.82, 2.24) is 15.0 Å². The van der Waals surface area contributed by atoms with E-state index in [1.54, 1.807) is 14.2 Å². The minimum atomic E-state index is -0.178. The zero-order valence-electron chi connectivity index (χ0n) is 15.5. The molecule has 0 bridgehead atoms. The molecular weight excluding hydrogens is 346 g/mol. The predicted molar refractivity (Wildman–Crippen MR) is 99.4 cm³/mol. The maximum absolute atomic E-state index is 12.3. The second-order valence-corrected chi connectivity index (χ2v) is 6.04. The number of nitrogens with zero attached hydrogens (tertiary/aromatic N) is 3. The van der Waals surface area contributed by atoms with Crippen LogP contribution in [0.3, 0.4) is 0 Å². The van der Waals surface area contributed by atoms with E-state index < -0.39 is 0 Å². The Hall–Kier alpha value is -3.35. The topological polar surface area (TPSA) is 77.7 Å². The average Bonchev–Trinajstić information content (AvgIpc) is 3.15. The number of aryl methyl sites for hydroxylation is 1. The minimum absolute atomic E-state index is 0.0547. The van der Waals surface area contributed by atoms with Gasteiger partial charge in [-0.3, -0.25) is 4.79 Å². The van der Waals surface area contributed by atoms with Crippen molar-refractivity contribution >= 4 is 5.91 Å². The second-order valence-electron chi connectivity index (χ2n) is 6.04. The van der Waals surface area contributed by atoms with E-state index in [2.05, 4.69) is 10.1 Å². The van der Waals surface area contributed by atoms with Crippen molar-refractivity contribution in [3.8, 4) is 22.9 Å². The predicted octanol–water partition coefficient (Wildman–Crippen LogP) is 3.09. The number of aromatic nitrogens is 2. The molecule has 2 aromatic carbocycles. The molecule has 0 saturated heterocycles. The Balaban J connectivity index is 1.57. The fraction of sp³-hybridized carbons (Fsp3) is 0.250. The van der Waals surface area contributed by atoms with E-state index in [-0.39, 0.29) is 19.1 Å². The maximum Gasteiger partial charge on any atom is 0.260 e.